The third kappa shape index (κ3) is 5.77. The highest BCUT2D eigenvalue weighted by Gasteiger charge is 2.22. The van der Waals surface area contributed by atoms with E-state index in [2.05, 4.69) is 15.6 Å². The number of carbonyl (C=O) groups is 2. The van der Waals surface area contributed by atoms with Crippen molar-refractivity contribution in [1.29, 1.82) is 0 Å². The molecule has 2 rings (SSSR count). The van der Waals surface area contributed by atoms with Gasteiger partial charge in [0.05, 0.1) is 24.9 Å². The summed E-state index contributed by atoms with van der Waals surface area (Å²) in [5.74, 6) is 0.672. The fourth-order valence-electron chi connectivity index (χ4n) is 2.38. The minimum Gasteiger partial charge on any atom is -0.496 e. The fourth-order valence-corrected chi connectivity index (χ4v) is 2.85. The predicted octanol–water partition coefficient (Wildman–Crippen LogP) is 2.26. The maximum absolute atomic E-state index is 12.6. The average Bonchev–Trinajstić information content (AvgIpc) is 2.69. The minimum atomic E-state index is -0.622. The van der Waals surface area contributed by atoms with Gasteiger partial charge in [-0.3, -0.25) is 14.6 Å². The van der Waals surface area contributed by atoms with Crippen molar-refractivity contribution < 1.29 is 14.3 Å². The summed E-state index contributed by atoms with van der Waals surface area (Å²) in [4.78, 5) is 29.3. The molecule has 0 aliphatic rings. The maximum Gasteiger partial charge on any atom is 0.255 e. The molecule has 138 valence electrons. The van der Waals surface area contributed by atoms with E-state index in [1.54, 1.807) is 42.2 Å². The van der Waals surface area contributed by atoms with Gasteiger partial charge in [-0.15, -0.1) is 0 Å². The van der Waals surface area contributed by atoms with Crippen molar-refractivity contribution in [3.63, 3.8) is 0 Å². The monoisotopic (exact) mass is 373 g/mol. The SMILES string of the molecule is COc1ccccc1C(=O)N[C@@H](CCSC)C(=O)NCc1ccccn1. The molecule has 0 radical (unpaired) electrons. The molecule has 0 unspecified atom stereocenters. The number of hydrogen-bond acceptors (Lipinski definition) is 5. The summed E-state index contributed by atoms with van der Waals surface area (Å²) in [6, 6.07) is 11.8. The van der Waals surface area contributed by atoms with Crippen molar-refractivity contribution in [3.8, 4) is 5.75 Å². The molecule has 1 heterocycles. The van der Waals surface area contributed by atoms with Crippen LogP contribution in [0.1, 0.15) is 22.5 Å². The standard InChI is InChI=1S/C19H23N3O3S/c1-25-17-9-4-3-8-15(17)18(23)22-16(10-12-26-2)19(24)21-13-14-7-5-6-11-20-14/h3-9,11,16H,10,12-13H2,1-2H3,(H,21,24)(H,22,23)/t16-/m0/s1. The zero-order chi connectivity index (χ0) is 18.8. The van der Waals surface area contributed by atoms with Crippen molar-refractivity contribution in [3.05, 3.63) is 59.9 Å². The minimum absolute atomic E-state index is 0.229. The third-order valence-corrected chi connectivity index (χ3v) is 4.40. The van der Waals surface area contributed by atoms with E-state index >= 15 is 0 Å². The smallest absolute Gasteiger partial charge is 0.255 e. The molecule has 0 aliphatic carbocycles. The molecule has 1 atom stereocenters. The number of nitrogens with zero attached hydrogens (tertiary/aromatic N) is 1. The fraction of sp³-hybridized carbons (Fsp3) is 0.316. The Morgan fingerprint density at radius 3 is 2.65 bits per heavy atom. The van der Waals surface area contributed by atoms with Gasteiger partial charge in [0.1, 0.15) is 11.8 Å². The summed E-state index contributed by atoms with van der Waals surface area (Å²) in [6.07, 6.45) is 4.18. The average molecular weight is 373 g/mol. The van der Waals surface area contributed by atoms with Crippen molar-refractivity contribution in [1.82, 2.24) is 15.6 Å². The van der Waals surface area contributed by atoms with Crippen molar-refractivity contribution >= 4 is 23.6 Å². The Balaban J connectivity index is 2.03. The molecule has 1 aromatic carbocycles. The summed E-state index contributed by atoms with van der Waals surface area (Å²) in [5, 5.41) is 5.65. The molecular formula is C19H23N3O3S. The van der Waals surface area contributed by atoms with Crippen LogP contribution in [0.3, 0.4) is 0 Å². The first-order chi connectivity index (χ1) is 12.7. The number of amides is 2. The molecule has 2 aromatic rings. The number of thioether (sulfide) groups is 1. The summed E-state index contributed by atoms with van der Waals surface area (Å²) in [5.41, 5.74) is 1.17. The van der Waals surface area contributed by atoms with E-state index in [0.717, 1.165) is 11.4 Å². The molecule has 7 heteroatoms. The Morgan fingerprint density at radius 1 is 1.19 bits per heavy atom. The lowest BCUT2D eigenvalue weighted by molar-refractivity contribution is -0.123. The van der Waals surface area contributed by atoms with E-state index in [9.17, 15) is 9.59 Å². The Hall–Kier alpha value is -2.54. The lowest BCUT2D eigenvalue weighted by Crippen LogP contribution is -2.47. The van der Waals surface area contributed by atoms with Gasteiger partial charge >= 0.3 is 0 Å². The van der Waals surface area contributed by atoms with Crippen molar-refractivity contribution in [2.75, 3.05) is 19.1 Å². The molecule has 0 saturated carbocycles. The van der Waals surface area contributed by atoms with E-state index in [1.807, 2.05) is 24.5 Å². The molecular weight excluding hydrogens is 350 g/mol. The van der Waals surface area contributed by atoms with Crippen LogP contribution in [0.4, 0.5) is 0 Å². The molecule has 1 aromatic heterocycles. The molecule has 0 saturated heterocycles. The lowest BCUT2D eigenvalue weighted by atomic mass is 10.1. The highest BCUT2D eigenvalue weighted by Crippen LogP contribution is 2.17. The predicted molar refractivity (Wildman–Crippen MR) is 103 cm³/mol. The van der Waals surface area contributed by atoms with E-state index in [4.69, 9.17) is 4.74 Å². The number of ether oxygens (including phenoxy) is 1. The van der Waals surface area contributed by atoms with Gasteiger partial charge in [-0.05, 0) is 42.7 Å². The second kappa shape index (κ2) is 10.5. The number of pyridine rings is 1. The van der Waals surface area contributed by atoms with Crippen molar-refractivity contribution in [2.24, 2.45) is 0 Å². The zero-order valence-corrected chi connectivity index (χ0v) is 15.7. The molecule has 0 aliphatic heterocycles. The Bertz CT molecular complexity index is 725. The second-order valence-electron chi connectivity index (χ2n) is 5.55. The number of benzene rings is 1. The number of nitrogens with one attached hydrogen (secondary N) is 2. The Kier molecular flexibility index (Phi) is 7.95. The summed E-state index contributed by atoms with van der Waals surface area (Å²) in [7, 11) is 1.51. The number of para-hydroxylation sites is 1. The van der Waals surface area contributed by atoms with Crippen LogP contribution >= 0.6 is 11.8 Å². The van der Waals surface area contributed by atoms with Gasteiger partial charge < -0.3 is 15.4 Å². The third-order valence-electron chi connectivity index (χ3n) is 3.75. The van der Waals surface area contributed by atoms with Gasteiger partial charge in [0.2, 0.25) is 5.91 Å². The normalized spacial score (nSPS) is 11.5. The van der Waals surface area contributed by atoms with Gasteiger partial charge in [-0.1, -0.05) is 18.2 Å². The maximum atomic E-state index is 12.6. The number of rotatable bonds is 9. The van der Waals surface area contributed by atoms with Gasteiger partial charge in [0.25, 0.3) is 5.91 Å². The molecule has 2 amide bonds. The molecule has 2 N–H and O–H groups in total. The Labute approximate surface area is 157 Å². The number of methoxy groups -OCH3 is 1. The van der Waals surface area contributed by atoms with Crippen LogP contribution in [0.15, 0.2) is 48.7 Å². The quantitative estimate of drug-likeness (QED) is 0.705. The van der Waals surface area contributed by atoms with E-state index in [1.165, 1.54) is 7.11 Å². The van der Waals surface area contributed by atoms with Crippen LogP contribution in [-0.2, 0) is 11.3 Å². The number of aromatic nitrogens is 1. The van der Waals surface area contributed by atoms with Crippen LogP contribution in [0.2, 0.25) is 0 Å². The van der Waals surface area contributed by atoms with Gasteiger partial charge in [-0.25, -0.2) is 0 Å². The first kappa shape index (κ1) is 19.8. The van der Waals surface area contributed by atoms with Crippen LogP contribution in [-0.4, -0.2) is 42.0 Å². The number of hydrogen-bond donors (Lipinski definition) is 2. The second-order valence-corrected chi connectivity index (χ2v) is 6.53. The molecule has 0 fully saturated rings. The molecule has 0 bridgehead atoms. The topological polar surface area (TPSA) is 80.3 Å². The molecule has 0 spiro atoms. The first-order valence-electron chi connectivity index (χ1n) is 8.26. The highest BCUT2D eigenvalue weighted by atomic mass is 32.2. The molecule has 6 nitrogen and oxygen atoms in total. The highest BCUT2D eigenvalue weighted by molar-refractivity contribution is 7.98. The van der Waals surface area contributed by atoms with Gasteiger partial charge in [-0.2, -0.15) is 11.8 Å². The van der Waals surface area contributed by atoms with E-state index in [0.29, 0.717) is 24.3 Å². The van der Waals surface area contributed by atoms with E-state index in [-0.39, 0.29) is 11.8 Å². The van der Waals surface area contributed by atoms with Gasteiger partial charge in [0, 0.05) is 6.20 Å². The van der Waals surface area contributed by atoms with Crippen LogP contribution in [0, 0.1) is 0 Å². The van der Waals surface area contributed by atoms with E-state index < -0.39 is 6.04 Å². The first-order valence-corrected chi connectivity index (χ1v) is 9.65. The van der Waals surface area contributed by atoms with Crippen LogP contribution < -0.4 is 15.4 Å². The van der Waals surface area contributed by atoms with Crippen LogP contribution in [0.25, 0.3) is 0 Å². The number of carbonyl (C=O) groups excluding carboxylic acids is 2. The molecule has 26 heavy (non-hydrogen) atoms. The summed E-state index contributed by atoms with van der Waals surface area (Å²) in [6.45, 7) is 0.319. The van der Waals surface area contributed by atoms with Crippen molar-refractivity contribution in [2.45, 2.75) is 19.0 Å². The summed E-state index contributed by atoms with van der Waals surface area (Å²) >= 11 is 1.62. The Morgan fingerprint density at radius 2 is 1.96 bits per heavy atom. The zero-order valence-electron chi connectivity index (χ0n) is 14.9. The van der Waals surface area contributed by atoms with Crippen LogP contribution in [0.5, 0.6) is 5.75 Å². The largest absolute Gasteiger partial charge is 0.496 e. The van der Waals surface area contributed by atoms with Gasteiger partial charge in [0.15, 0.2) is 0 Å². The lowest BCUT2D eigenvalue weighted by Gasteiger charge is -2.19. The summed E-state index contributed by atoms with van der Waals surface area (Å²) < 4.78 is 5.22.